The second kappa shape index (κ2) is 3.96. The lowest BCUT2D eigenvalue weighted by molar-refractivity contribution is 0.435. The molecule has 0 saturated heterocycles. The summed E-state index contributed by atoms with van der Waals surface area (Å²) in [6, 6.07) is 3.64. The molecule has 0 saturated carbocycles. The molecule has 0 fully saturated rings. The lowest BCUT2D eigenvalue weighted by Gasteiger charge is -2.09. The summed E-state index contributed by atoms with van der Waals surface area (Å²) < 4.78 is 25.2. The van der Waals surface area contributed by atoms with Crippen LogP contribution < -0.4 is 5.73 Å². The Morgan fingerprint density at radius 3 is 2.75 bits per heavy atom. The van der Waals surface area contributed by atoms with E-state index in [2.05, 4.69) is 15.9 Å². The Morgan fingerprint density at radius 2 is 2.17 bits per heavy atom. The monoisotopic (exact) mass is 235 g/mol. The third-order valence-electron chi connectivity index (χ3n) is 1.55. The van der Waals surface area contributed by atoms with Gasteiger partial charge in [0.05, 0.1) is 10.5 Å². The summed E-state index contributed by atoms with van der Waals surface area (Å²) in [6.07, 6.45) is 0. The molecule has 1 aromatic carbocycles. The van der Waals surface area contributed by atoms with Crippen LogP contribution >= 0.6 is 15.9 Å². The van der Waals surface area contributed by atoms with E-state index < -0.39 is 18.5 Å². The van der Waals surface area contributed by atoms with Gasteiger partial charge in [0.2, 0.25) is 0 Å². The smallest absolute Gasteiger partial charge is 0.137 e. The van der Waals surface area contributed by atoms with E-state index in [1.54, 1.807) is 6.07 Å². The Morgan fingerprint density at radius 1 is 1.50 bits per heavy atom. The number of benzene rings is 1. The van der Waals surface area contributed by atoms with E-state index in [0.717, 1.165) is 0 Å². The first-order valence-corrected chi connectivity index (χ1v) is 4.21. The van der Waals surface area contributed by atoms with E-state index in [4.69, 9.17) is 5.73 Å². The molecule has 1 nitrogen and oxygen atoms in total. The molecule has 0 aliphatic carbocycles. The molecule has 4 heteroatoms. The van der Waals surface area contributed by atoms with Gasteiger partial charge in [-0.25, -0.2) is 8.78 Å². The van der Waals surface area contributed by atoms with E-state index >= 15 is 0 Å². The number of nitrogens with two attached hydrogens (primary N) is 1. The minimum Gasteiger partial charge on any atom is -0.322 e. The minimum absolute atomic E-state index is 0.246. The average Bonchev–Trinajstić information content (AvgIpc) is 2.08. The molecule has 0 amide bonds. The topological polar surface area (TPSA) is 26.0 Å². The van der Waals surface area contributed by atoms with Crippen LogP contribution in [0.25, 0.3) is 0 Å². The largest absolute Gasteiger partial charge is 0.322 e. The Labute approximate surface area is 77.7 Å². The average molecular weight is 236 g/mol. The van der Waals surface area contributed by atoms with Crippen LogP contribution in [0.3, 0.4) is 0 Å². The standard InChI is InChI=1S/C8H8BrF2N/c9-8-5(7(12)4-10)2-1-3-6(8)11/h1-3,7H,4,12H2/t7-/m0/s1. The van der Waals surface area contributed by atoms with Crippen molar-refractivity contribution in [2.24, 2.45) is 5.73 Å². The maximum absolute atomic E-state index is 12.9. The summed E-state index contributed by atoms with van der Waals surface area (Å²) >= 11 is 3.00. The molecule has 0 unspecified atom stereocenters. The molecular weight excluding hydrogens is 228 g/mol. The van der Waals surface area contributed by atoms with Gasteiger partial charge >= 0.3 is 0 Å². The van der Waals surface area contributed by atoms with Crippen LogP contribution in [0, 0.1) is 5.82 Å². The minimum atomic E-state index is -0.755. The van der Waals surface area contributed by atoms with Crippen molar-refractivity contribution >= 4 is 15.9 Å². The van der Waals surface area contributed by atoms with Crippen molar-refractivity contribution in [1.82, 2.24) is 0 Å². The van der Waals surface area contributed by atoms with Crippen LogP contribution in [0.2, 0.25) is 0 Å². The fraction of sp³-hybridized carbons (Fsp3) is 0.250. The molecule has 0 aliphatic heterocycles. The molecule has 66 valence electrons. The van der Waals surface area contributed by atoms with Gasteiger partial charge < -0.3 is 5.73 Å². The Hall–Kier alpha value is -0.480. The van der Waals surface area contributed by atoms with Gasteiger partial charge in [0, 0.05) is 0 Å². The van der Waals surface area contributed by atoms with Gasteiger partial charge in [0.25, 0.3) is 0 Å². The number of rotatable bonds is 2. The molecule has 0 radical (unpaired) electrons. The zero-order chi connectivity index (χ0) is 9.14. The highest BCUT2D eigenvalue weighted by molar-refractivity contribution is 9.10. The summed E-state index contributed by atoms with van der Waals surface area (Å²) in [4.78, 5) is 0. The fourth-order valence-corrected chi connectivity index (χ4v) is 1.45. The summed E-state index contributed by atoms with van der Waals surface area (Å²) in [5.74, 6) is -0.420. The number of alkyl halides is 1. The molecule has 2 N–H and O–H groups in total. The lowest BCUT2D eigenvalue weighted by atomic mass is 10.1. The highest BCUT2D eigenvalue weighted by Gasteiger charge is 2.11. The van der Waals surface area contributed by atoms with Crippen molar-refractivity contribution in [3.63, 3.8) is 0 Å². The van der Waals surface area contributed by atoms with E-state index in [9.17, 15) is 8.78 Å². The van der Waals surface area contributed by atoms with Gasteiger partial charge in [0.1, 0.15) is 12.5 Å². The van der Waals surface area contributed by atoms with Crippen LogP contribution in [0.15, 0.2) is 22.7 Å². The van der Waals surface area contributed by atoms with Crippen molar-refractivity contribution in [2.75, 3.05) is 6.67 Å². The van der Waals surface area contributed by atoms with Gasteiger partial charge in [-0.05, 0) is 27.6 Å². The number of hydrogen-bond acceptors (Lipinski definition) is 1. The van der Waals surface area contributed by atoms with Crippen molar-refractivity contribution in [1.29, 1.82) is 0 Å². The van der Waals surface area contributed by atoms with E-state index in [-0.39, 0.29) is 4.47 Å². The first-order chi connectivity index (χ1) is 5.66. The summed E-state index contributed by atoms with van der Waals surface area (Å²) in [6.45, 7) is -0.692. The van der Waals surface area contributed by atoms with Crippen molar-refractivity contribution in [3.8, 4) is 0 Å². The Kier molecular flexibility index (Phi) is 3.17. The third-order valence-corrected chi connectivity index (χ3v) is 2.38. The normalized spacial score (nSPS) is 13.0. The second-order valence-electron chi connectivity index (χ2n) is 2.40. The van der Waals surface area contributed by atoms with Crippen molar-refractivity contribution < 1.29 is 8.78 Å². The predicted octanol–water partition coefficient (Wildman–Crippen LogP) is 2.56. The maximum atomic E-state index is 12.9. The van der Waals surface area contributed by atoms with Gasteiger partial charge in [-0.1, -0.05) is 12.1 Å². The molecule has 12 heavy (non-hydrogen) atoms. The predicted molar refractivity (Wildman–Crippen MR) is 47.0 cm³/mol. The Balaban J connectivity index is 3.07. The van der Waals surface area contributed by atoms with E-state index in [1.807, 2.05) is 0 Å². The molecule has 1 aromatic rings. The third kappa shape index (κ3) is 1.81. The van der Waals surface area contributed by atoms with Crippen LogP contribution in [-0.2, 0) is 0 Å². The van der Waals surface area contributed by atoms with Gasteiger partial charge in [-0.3, -0.25) is 0 Å². The second-order valence-corrected chi connectivity index (χ2v) is 3.20. The van der Waals surface area contributed by atoms with Crippen LogP contribution in [-0.4, -0.2) is 6.67 Å². The molecule has 0 bridgehead atoms. The maximum Gasteiger partial charge on any atom is 0.137 e. The molecule has 1 rings (SSSR count). The summed E-state index contributed by atoms with van der Waals surface area (Å²) in [5.41, 5.74) is 5.85. The van der Waals surface area contributed by atoms with Gasteiger partial charge in [-0.2, -0.15) is 0 Å². The van der Waals surface area contributed by atoms with Crippen molar-refractivity contribution in [2.45, 2.75) is 6.04 Å². The van der Waals surface area contributed by atoms with Gasteiger partial charge in [-0.15, -0.1) is 0 Å². The number of hydrogen-bond donors (Lipinski definition) is 1. The molecule has 0 aliphatic rings. The Bertz CT molecular complexity index is 278. The molecule has 0 heterocycles. The van der Waals surface area contributed by atoms with E-state index in [0.29, 0.717) is 5.56 Å². The van der Waals surface area contributed by atoms with E-state index in [1.165, 1.54) is 12.1 Å². The van der Waals surface area contributed by atoms with Crippen LogP contribution in [0.4, 0.5) is 8.78 Å². The number of halogens is 3. The molecule has 0 aromatic heterocycles. The zero-order valence-corrected chi connectivity index (χ0v) is 7.81. The first kappa shape index (κ1) is 9.61. The van der Waals surface area contributed by atoms with Crippen LogP contribution in [0.1, 0.15) is 11.6 Å². The van der Waals surface area contributed by atoms with Crippen LogP contribution in [0.5, 0.6) is 0 Å². The fourth-order valence-electron chi connectivity index (χ4n) is 0.890. The van der Waals surface area contributed by atoms with Crippen molar-refractivity contribution in [3.05, 3.63) is 34.1 Å². The quantitative estimate of drug-likeness (QED) is 0.838. The molecule has 1 atom stereocenters. The molecule has 0 spiro atoms. The van der Waals surface area contributed by atoms with Gasteiger partial charge in [0.15, 0.2) is 0 Å². The summed E-state index contributed by atoms with van der Waals surface area (Å²) in [5, 5.41) is 0. The summed E-state index contributed by atoms with van der Waals surface area (Å²) in [7, 11) is 0. The SMILES string of the molecule is N[C@@H](CF)c1cccc(F)c1Br. The zero-order valence-electron chi connectivity index (χ0n) is 6.23. The highest BCUT2D eigenvalue weighted by atomic mass is 79.9. The first-order valence-electron chi connectivity index (χ1n) is 3.42. The molecular formula is C8H8BrF2N. The highest BCUT2D eigenvalue weighted by Crippen LogP contribution is 2.24. The lowest BCUT2D eigenvalue weighted by Crippen LogP contribution is -2.13.